The second-order valence-electron chi connectivity index (χ2n) is 5.62. The fourth-order valence-electron chi connectivity index (χ4n) is 2.75. The topological polar surface area (TPSA) is 41.2 Å². The third-order valence-corrected chi connectivity index (χ3v) is 3.88. The van der Waals surface area contributed by atoms with Gasteiger partial charge in [-0.2, -0.15) is 5.10 Å². The Morgan fingerprint density at radius 1 is 1.45 bits per heavy atom. The first-order chi connectivity index (χ1) is 10.6. The molecule has 118 valence electrons. The zero-order valence-electron chi connectivity index (χ0n) is 12.4. The van der Waals surface area contributed by atoms with Crippen LogP contribution in [0.25, 0.3) is 11.3 Å². The molecule has 1 atom stereocenters. The molecular formula is C16H19F2N3O. The lowest BCUT2D eigenvalue weighted by Crippen LogP contribution is -2.45. The van der Waals surface area contributed by atoms with E-state index in [-0.39, 0.29) is 6.54 Å². The average Bonchev–Trinajstić information content (AvgIpc) is 2.95. The van der Waals surface area contributed by atoms with Crippen LogP contribution in [0.15, 0.2) is 30.5 Å². The molecule has 1 saturated heterocycles. The Hall–Kier alpha value is -1.79. The normalized spacial score (nSPS) is 19.7. The minimum Gasteiger partial charge on any atom is -0.370 e. The summed E-state index contributed by atoms with van der Waals surface area (Å²) in [7, 11) is 0. The van der Waals surface area contributed by atoms with Gasteiger partial charge < -0.3 is 4.74 Å². The van der Waals surface area contributed by atoms with Crippen LogP contribution in [-0.4, -0.2) is 47.3 Å². The van der Waals surface area contributed by atoms with Crippen molar-refractivity contribution >= 4 is 0 Å². The van der Waals surface area contributed by atoms with Gasteiger partial charge in [0.15, 0.2) is 0 Å². The first-order valence-corrected chi connectivity index (χ1v) is 7.35. The summed E-state index contributed by atoms with van der Waals surface area (Å²) in [6.07, 6.45) is -1.67. The Labute approximate surface area is 128 Å². The summed E-state index contributed by atoms with van der Waals surface area (Å²) < 4.78 is 30.7. The van der Waals surface area contributed by atoms with E-state index >= 15 is 0 Å². The maximum atomic E-state index is 12.8. The van der Waals surface area contributed by atoms with Crippen LogP contribution in [0, 0.1) is 6.92 Å². The highest BCUT2D eigenvalue weighted by atomic mass is 19.3. The second kappa shape index (κ2) is 6.54. The van der Waals surface area contributed by atoms with E-state index < -0.39 is 12.5 Å². The van der Waals surface area contributed by atoms with Crippen LogP contribution >= 0.6 is 0 Å². The van der Waals surface area contributed by atoms with Gasteiger partial charge in [-0.25, -0.2) is 8.78 Å². The lowest BCUT2D eigenvalue weighted by Gasteiger charge is -2.32. The van der Waals surface area contributed by atoms with Crippen molar-refractivity contribution in [3.63, 3.8) is 0 Å². The molecule has 0 radical (unpaired) electrons. The molecule has 0 saturated carbocycles. The van der Waals surface area contributed by atoms with Gasteiger partial charge in [0, 0.05) is 30.8 Å². The van der Waals surface area contributed by atoms with Crippen LogP contribution in [0.2, 0.25) is 0 Å². The number of nitrogens with one attached hydrogen (secondary N) is 1. The van der Waals surface area contributed by atoms with Crippen molar-refractivity contribution in [2.75, 3.05) is 19.7 Å². The van der Waals surface area contributed by atoms with E-state index in [2.05, 4.69) is 16.3 Å². The van der Waals surface area contributed by atoms with Crippen LogP contribution in [0.4, 0.5) is 8.78 Å². The summed E-state index contributed by atoms with van der Waals surface area (Å²) in [5, 5.41) is 7.13. The minimum atomic E-state index is -2.44. The molecule has 1 aliphatic rings. The third kappa shape index (κ3) is 3.34. The number of benzene rings is 1. The van der Waals surface area contributed by atoms with E-state index in [1.165, 1.54) is 5.56 Å². The first kappa shape index (κ1) is 15.1. The van der Waals surface area contributed by atoms with E-state index in [1.807, 2.05) is 30.0 Å². The summed E-state index contributed by atoms with van der Waals surface area (Å²) in [5.74, 6) is 0. The quantitative estimate of drug-likeness (QED) is 0.944. The van der Waals surface area contributed by atoms with E-state index in [9.17, 15) is 8.78 Å². The van der Waals surface area contributed by atoms with Crippen molar-refractivity contribution in [1.29, 1.82) is 0 Å². The minimum absolute atomic E-state index is 0.246. The monoisotopic (exact) mass is 307 g/mol. The highest BCUT2D eigenvalue weighted by molar-refractivity contribution is 5.63. The summed E-state index contributed by atoms with van der Waals surface area (Å²) >= 11 is 0. The van der Waals surface area contributed by atoms with Gasteiger partial charge in [-0.3, -0.25) is 10.00 Å². The van der Waals surface area contributed by atoms with E-state index in [1.54, 1.807) is 6.20 Å². The Morgan fingerprint density at radius 2 is 2.32 bits per heavy atom. The van der Waals surface area contributed by atoms with Gasteiger partial charge in [-0.1, -0.05) is 23.8 Å². The summed E-state index contributed by atoms with van der Waals surface area (Å²) in [4.78, 5) is 1.99. The van der Waals surface area contributed by atoms with Gasteiger partial charge in [0.25, 0.3) is 6.43 Å². The molecule has 1 aromatic heterocycles. The fourth-order valence-corrected chi connectivity index (χ4v) is 2.75. The van der Waals surface area contributed by atoms with Crippen molar-refractivity contribution < 1.29 is 13.5 Å². The van der Waals surface area contributed by atoms with Crippen molar-refractivity contribution in [2.45, 2.75) is 26.0 Å². The summed E-state index contributed by atoms with van der Waals surface area (Å²) in [6.45, 7) is 3.87. The summed E-state index contributed by atoms with van der Waals surface area (Å²) in [6, 6.07) is 8.13. The maximum Gasteiger partial charge on any atom is 0.265 e. The number of nitrogens with zero attached hydrogens (tertiary/aromatic N) is 2. The highest BCUT2D eigenvalue weighted by Gasteiger charge is 2.28. The molecule has 3 rings (SSSR count). The Kier molecular flexibility index (Phi) is 4.49. The van der Waals surface area contributed by atoms with Gasteiger partial charge in [0.05, 0.1) is 18.5 Å². The van der Waals surface area contributed by atoms with Crippen LogP contribution in [0.3, 0.4) is 0 Å². The van der Waals surface area contributed by atoms with Crippen LogP contribution in [-0.2, 0) is 11.3 Å². The fraction of sp³-hybridized carbons (Fsp3) is 0.438. The lowest BCUT2D eigenvalue weighted by molar-refractivity contribution is -0.104. The number of ether oxygens (including phenoxy) is 1. The zero-order chi connectivity index (χ0) is 15.5. The molecule has 1 aliphatic heterocycles. The number of hydrogen-bond acceptors (Lipinski definition) is 3. The molecule has 1 aromatic carbocycles. The average molecular weight is 307 g/mol. The maximum absolute atomic E-state index is 12.8. The number of rotatable bonds is 4. The van der Waals surface area contributed by atoms with Gasteiger partial charge in [0.1, 0.15) is 6.10 Å². The number of aromatic nitrogens is 2. The number of alkyl halides is 2. The number of hydrogen-bond donors (Lipinski definition) is 1. The van der Waals surface area contributed by atoms with E-state index in [0.717, 1.165) is 16.8 Å². The molecule has 22 heavy (non-hydrogen) atoms. The number of aryl methyl sites for hydroxylation is 1. The largest absolute Gasteiger partial charge is 0.370 e. The Balaban J connectivity index is 1.75. The molecule has 2 heterocycles. The second-order valence-corrected chi connectivity index (χ2v) is 5.62. The standard InChI is InChI=1S/C16H19F2N3O/c1-11-3-2-4-12(7-11)15-13(8-19-20-15)9-21-5-6-22-14(10-21)16(17)18/h2-4,7-8,14,16H,5-6,9-10H2,1H3,(H,19,20). The van der Waals surface area contributed by atoms with Gasteiger partial charge in [-0.05, 0) is 13.0 Å². The molecule has 4 nitrogen and oxygen atoms in total. The van der Waals surface area contributed by atoms with Crippen molar-refractivity contribution in [2.24, 2.45) is 0 Å². The van der Waals surface area contributed by atoms with Gasteiger partial charge >= 0.3 is 0 Å². The third-order valence-electron chi connectivity index (χ3n) is 3.88. The molecule has 0 aliphatic carbocycles. The predicted octanol–water partition coefficient (Wildman–Crippen LogP) is 2.85. The van der Waals surface area contributed by atoms with Crippen molar-refractivity contribution in [3.05, 3.63) is 41.6 Å². The lowest BCUT2D eigenvalue weighted by atomic mass is 10.1. The Bertz CT molecular complexity index is 629. The summed E-state index contributed by atoms with van der Waals surface area (Å²) in [5.41, 5.74) is 4.19. The van der Waals surface area contributed by atoms with Crippen molar-refractivity contribution in [1.82, 2.24) is 15.1 Å². The highest BCUT2D eigenvalue weighted by Crippen LogP contribution is 2.24. The van der Waals surface area contributed by atoms with Crippen LogP contribution in [0.5, 0.6) is 0 Å². The molecule has 1 unspecified atom stereocenters. The predicted molar refractivity (Wildman–Crippen MR) is 79.8 cm³/mol. The van der Waals surface area contributed by atoms with E-state index in [4.69, 9.17) is 4.74 Å². The molecule has 0 spiro atoms. The number of aromatic amines is 1. The smallest absolute Gasteiger partial charge is 0.265 e. The molecule has 0 bridgehead atoms. The molecular weight excluding hydrogens is 288 g/mol. The van der Waals surface area contributed by atoms with Gasteiger partial charge in [-0.15, -0.1) is 0 Å². The van der Waals surface area contributed by atoms with E-state index in [0.29, 0.717) is 19.7 Å². The SMILES string of the molecule is Cc1cccc(-c2[nH]ncc2CN2CCOC(C(F)F)C2)c1. The molecule has 1 N–H and O–H groups in total. The molecule has 2 aromatic rings. The van der Waals surface area contributed by atoms with Gasteiger partial charge in [0.2, 0.25) is 0 Å². The molecule has 0 amide bonds. The molecule has 1 fully saturated rings. The zero-order valence-corrected chi connectivity index (χ0v) is 12.4. The number of H-pyrrole nitrogens is 1. The van der Waals surface area contributed by atoms with Crippen molar-refractivity contribution in [3.8, 4) is 11.3 Å². The number of morpholine rings is 1. The first-order valence-electron chi connectivity index (χ1n) is 7.35. The van der Waals surface area contributed by atoms with Crippen LogP contribution in [0.1, 0.15) is 11.1 Å². The number of halogens is 2. The van der Waals surface area contributed by atoms with Crippen LogP contribution < -0.4 is 0 Å². The Morgan fingerprint density at radius 3 is 3.09 bits per heavy atom. The molecule has 6 heteroatoms.